The lowest BCUT2D eigenvalue weighted by Crippen LogP contribution is -2.31. The average molecular weight is 476 g/mol. The number of fused-ring (bicyclic) bond motifs is 1. The third kappa shape index (κ3) is 5.91. The third-order valence-electron chi connectivity index (χ3n) is 4.60. The summed E-state index contributed by atoms with van der Waals surface area (Å²) < 4.78 is 45.8. The van der Waals surface area contributed by atoms with Crippen molar-refractivity contribution >= 4 is 34.1 Å². The molecule has 0 bridgehead atoms. The van der Waals surface area contributed by atoms with Gasteiger partial charge < -0.3 is 10.1 Å². The molecule has 0 saturated carbocycles. The Bertz CT molecular complexity index is 1310. The van der Waals surface area contributed by atoms with Crippen LogP contribution in [0.15, 0.2) is 47.3 Å². The first kappa shape index (κ1) is 24.7. The van der Waals surface area contributed by atoms with Crippen LogP contribution in [0.2, 0.25) is 0 Å². The summed E-state index contributed by atoms with van der Waals surface area (Å²) in [6.45, 7) is 5.99. The number of hydrogen-bond donors (Lipinski definition) is 2. The van der Waals surface area contributed by atoms with Crippen molar-refractivity contribution in [3.8, 4) is 0 Å². The van der Waals surface area contributed by atoms with Gasteiger partial charge in [0.2, 0.25) is 5.91 Å². The summed E-state index contributed by atoms with van der Waals surface area (Å²) in [5.74, 6) is -0.809. The lowest BCUT2D eigenvalue weighted by molar-refractivity contribution is -0.137. The molecule has 0 unspecified atom stereocenters. The molecule has 11 heteroatoms. The van der Waals surface area contributed by atoms with Gasteiger partial charge in [-0.25, -0.2) is 9.48 Å². The van der Waals surface area contributed by atoms with E-state index in [1.54, 1.807) is 52.0 Å². The molecule has 180 valence electrons. The minimum atomic E-state index is -4.68. The number of aromatic nitrogens is 2. The molecule has 2 aromatic carbocycles. The van der Waals surface area contributed by atoms with Crippen LogP contribution in [0.3, 0.4) is 0 Å². The van der Waals surface area contributed by atoms with E-state index in [-0.39, 0.29) is 11.4 Å². The van der Waals surface area contributed by atoms with Gasteiger partial charge in [-0.15, -0.1) is 0 Å². The van der Waals surface area contributed by atoms with E-state index in [0.29, 0.717) is 22.5 Å². The first-order valence-corrected chi connectivity index (χ1v) is 10.2. The van der Waals surface area contributed by atoms with E-state index in [1.165, 1.54) is 0 Å². The highest BCUT2D eigenvalue weighted by Crippen LogP contribution is 2.34. The Morgan fingerprint density at radius 2 is 1.65 bits per heavy atom. The quantitative estimate of drug-likeness (QED) is 0.568. The van der Waals surface area contributed by atoms with E-state index in [9.17, 15) is 27.6 Å². The number of nitrogens with one attached hydrogen (secondary N) is 2. The number of amides is 2. The van der Waals surface area contributed by atoms with Crippen LogP contribution in [0.4, 0.5) is 29.3 Å². The number of ether oxygens (including phenoxy) is 1. The molecule has 0 aliphatic carbocycles. The van der Waals surface area contributed by atoms with Crippen molar-refractivity contribution in [2.24, 2.45) is 0 Å². The fraction of sp³-hybridized carbons (Fsp3) is 0.304. The number of hydrogen-bond acceptors (Lipinski definition) is 5. The molecular weight excluding hydrogens is 453 g/mol. The van der Waals surface area contributed by atoms with Crippen molar-refractivity contribution in [2.45, 2.75) is 46.0 Å². The molecule has 0 spiro atoms. The topological polar surface area (TPSA) is 102 Å². The van der Waals surface area contributed by atoms with Crippen LogP contribution in [-0.2, 0) is 22.3 Å². The van der Waals surface area contributed by atoms with Crippen molar-refractivity contribution < 1.29 is 27.5 Å². The van der Waals surface area contributed by atoms with Crippen LogP contribution in [0.5, 0.6) is 0 Å². The predicted molar refractivity (Wildman–Crippen MR) is 121 cm³/mol. The molecule has 3 rings (SSSR count). The van der Waals surface area contributed by atoms with E-state index < -0.39 is 41.4 Å². The van der Waals surface area contributed by atoms with Gasteiger partial charge in [0.05, 0.1) is 28.0 Å². The van der Waals surface area contributed by atoms with E-state index >= 15 is 0 Å². The third-order valence-corrected chi connectivity index (χ3v) is 4.60. The molecule has 0 fully saturated rings. The number of rotatable bonds is 4. The van der Waals surface area contributed by atoms with Crippen LogP contribution in [0, 0.1) is 6.92 Å². The Balaban J connectivity index is 1.90. The van der Waals surface area contributed by atoms with Crippen molar-refractivity contribution in [1.29, 1.82) is 0 Å². The summed E-state index contributed by atoms with van der Waals surface area (Å²) in [5, 5.41) is 9.77. The van der Waals surface area contributed by atoms with E-state index in [2.05, 4.69) is 15.7 Å². The average Bonchev–Trinajstić information content (AvgIpc) is 2.71. The maximum absolute atomic E-state index is 13.2. The van der Waals surface area contributed by atoms with Gasteiger partial charge in [-0.05, 0) is 52.0 Å². The first-order valence-electron chi connectivity index (χ1n) is 10.2. The first-order chi connectivity index (χ1) is 15.7. The normalized spacial score (nSPS) is 11.9. The van der Waals surface area contributed by atoms with Crippen molar-refractivity contribution in [3.63, 3.8) is 0 Å². The number of nitrogens with zero attached hydrogens (tertiary/aromatic N) is 2. The Kier molecular flexibility index (Phi) is 6.67. The van der Waals surface area contributed by atoms with E-state index in [0.717, 1.165) is 16.8 Å². The van der Waals surface area contributed by atoms with Crippen molar-refractivity contribution in [1.82, 2.24) is 9.78 Å². The number of halogens is 3. The van der Waals surface area contributed by atoms with Crippen LogP contribution in [0.1, 0.15) is 32.0 Å². The summed E-state index contributed by atoms with van der Waals surface area (Å²) in [6.07, 6.45) is -5.59. The molecule has 0 atom stereocenters. The number of carbonyl (C=O) groups excluding carboxylic acids is 2. The Hall–Kier alpha value is -3.89. The summed E-state index contributed by atoms with van der Waals surface area (Å²) >= 11 is 0. The van der Waals surface area contributed by atoms with Gasteiger partial charge in [0.15, 0.2) is 0 Å². The molecule has 0 saturated heterocycles. The maximum atomic E-state index is 13.2. The molecule has 0 aliphatic rings. The molecule has 8 nitrogen and oxygen atoms in total. The van der Waals surface area contributed by atoms with Crippen molar-refractivity contribution in [2.75, 3.05) is 10.6 Å². The molecule has 3 aromatic rings. The highest BCUT2D eigenvalue weighted by Gasteiger charge is 2.31. The van der Waals surface area contributed by atoms with Crippen LogP contribution >= 0.6 is 0 Å². The lowest BCUT2D eigenvalue weighted by atomic mass is 10.1. The second-order valence-corrected chi connectivity index (χ2v) is 8.53. The van der Waals surface area contributed by atoms with Crippen molar-refractivity contribution in [3.05, 3.63) is 64.1 Å². The minimum Gasteiger partial charge on any atom is -0.444 e. The van der Waals surface area contributed by atoms with E-state index in [4.69, 9.17) is 4.74 Å². The summed E-state index contributed by atoms with van der Waals surface area (Å²) in [4.78, 5) is 37.5. The SMILES string of the molecule is Cc1nn(CC(=O)Nc2cc(C(F)(F)F)ccc2NC(=O)OC(C)(C)C)c(=O)c2ccccc12. The number of aryl methyl sites for hydroxylation is 1. The van der Waals surface area contributed by atoms with Gasteiger partial charge in [0, 0.05) is 5.39 Å². The minimum absolute atomic E-state index is 0.106. The number of benzene rings is 2. The molecule has 0 radical (unpaired) electrons. The predicted octanol–water partition coefficient (Wildman–Crippen LogP) is 4.71. The van der Waals surface area contributed by atoms with Gasteiger partial charge in [-0.3, -0.25) is 14.9 Å². The highest BCUT2D eigenvalue weighted by atomic mass is 19.4. The Morgan fingerprint density at radius 3 is 2.26 bits per heavy atom. The lowest BCUT2D eigenvalue weighted by Gasteiger charge is -2.21. The largest absolute Gasteiger partial charge is 0.444 e. The molecule has 1 heterocycles. The van der Waals surface area contributed by atoms with Gasteiger partial charge in [-0.1, -0.05) is 18.2 Å². The molecule has 1 aromatic heterocycles. The summed E-state index contributed by atoms with van der Waals surface area (Å²) in [5.41, 5.74) is -2.31. The molecule has 0 aliphatic heterocycles. The second-order valence-electron chi connectivity index (χ2n) is 8.53. The number of anilines is 2. The molecule has 2 N–H and O–H groups in total. The molecule has 34 heavy (non-hydrogen) atoms. The number of alkyl halides is 3. The summed E-state index contributed by atoms with van der Waals surface area (Å²) in [7, 11) is 0. The van der Waals surface area contributed by atoms with Gasteiger partial charge in [-0.2, -0.15) is 18.3 Å². The van der Waals surface area contributed by atoms with Gasteiger partial charge in [0.25, 0.3) is 5.56 Å². The summed E-state index contributed by atoms with van der Waals surface area (Å²) in [6, 6.07) is 9.20. The van der Waals surface area contributed by atoms with Gasteiger partial charge >= 0.3 is 12.3 Å². The van der Waals surface area contributed by atoms with Gasteiger partial charge in [0.1, 0.15) is 12.1 Å². The zero-order valence-corrected chi connectivity index (χ0v) is 18.9. The zero-order chi connectivity index (χ0) is 25.3. The van der Waals surface area contributed by atoms with Crippen LogP contribution in [-0.4, -0.2) is 27.4 Å². The maximum Gasteiger partial charge on any atom is 0.416 e. The fourth-order valence-corrected chi connectivity index (χ4v) is 3.18. The molecule has 2 amide bonds. The number of carbonyl (C=O) groups is 2. The highest BCUT2D eigenvalue weighted by molar-refractivity contribution is 5.98. The Morgan fingerprint density at radius 1 is 1.00 bits per heavy atom. The standard InChI is InChI=1S/C23H23F3N4O4/c1-13-15-7-5-6-8-16(15)20(32)30(29-13)12-19(31)27-18-11-14(23(24,25)26)9-10-17(18)28-21(33)34-22(2,3)4/h5-11H,12H2,1-4H3,(H,27,31)(H,28,33). The zero-order valence-electron chi connectivity index (χ0n) is 18.9. The monoisotopic (exact) mass is 476 g/mol. The van der Waals surface area contributed by atoms with E-state index in [1.807, 2.05) is 0 Å². The Labute approximate surface area is 192 Å². The van der Waals surface area contributed by atoms with Crippen LogP contribution < -0.4 is 16.2 Å². The molecular formula is C23H23F3N4O4. The smallest absolute Gasteiger partial charge is 0.416 e. The fourth-order valence-electron chi connectivity index (χ4n) is 3.18. The second kappa shape index (κ2) is 9.16. The van der Waals surface area contributed by atoms with Crippen LogP contribution in [0.25, 0.3) is 10.8 Å².